The molecule has 2 amide bonds. The van der Waals surface area contributed by atoms with Crippen LogP contribution in [0.15, 0.2) is 48.2 Å². The van der Waals surface area contributed by atoms with E-state index in [-0.39, 0.29) is 11.8 Å². The van der Waals surface area contributed by atoms with Crippen LogP contribution < -0.4 is 11.1 Å². The van der Waals surface area contributed by atoms with Gasteiger partial charge in [-0.3, -0.25) is 14.5 Å². The summed E-state index contributed by atoms with van der Waals surface area (Å²) in [5.41, 5.74) is 7.04. The van der Waals surface area contributed by atoms with E-state index in [0.717, 1.165) is 24.2 Å². The zero-order valence-electron chi connectivity index (χ0n) is 16.7. The maximum Gasteiger partial charge on any atom is 0.254 e. The second kappa shape index (κ2) is 9.57. The molecule has 1 heterocycles. The van der Waals surface area contributed by atoms with Crippen molar-refractivity contribution >= 4 is 23.4 Å². The number of nitrogens with one attached hydrogen (secondary N) is 1. The first-order valence-corrected chi connectivity index (χ1v) is 10.3. The van der Waals surface area contributed by atoms with Crippen LogP contribution in [-0.4, -0.2) is 42.5 Å². The molecule has 7 heteroatoms. The second-order valence-corrected chi connectivity index (χ2v) is 8.17. The molecule has 0 bridgehead atoms. The summed E-state index contributed by atoms with van der Waals surface area (Å²) >= 11 is 6.06. The summed E-state index contributed by atoms with van der Waals surface area (Å²) in [6.45, 7) is 4.45. The first-order chi connectivity index (χ1) is 13.9. The molecule has 1 aromatic rings. The summed E-state index contributed by atoms with van der Waals surface area (Å²) < 4.78 is 5.67. The van der Waals surface area contributed by atoms with E-state index in [9.17, 15) is 9.59 Å². The number of carbonyl (C=O) groups is 2. The minimum atomic E-state index is -0.569. The molecule has 156 valence electrons. The monoisotopic (exact) mass is 417 g/mol. The number of ether oxygens (including phenoxy) is 1. The molecule has 0 saturated carbocycles. The van der Waals surface area contributed by atoms with Gasteiger partial charge in [-0.2, -0.15) is 0 Å². The van der Waals surface area contributed by atoms with Gasteiger partial charge < -0.3 is 15.8 Å². The number of allylic oxidation sites excluding steroid dienone is 3. The molecule has 1 aromatic carbocycles. The van der Waals surface area contributed by atoms with Gasteiger partial charge in [-0.1, -0.05) is 42.8 Å². The molecule has 1 saturated heterocycles. The Morgan fingerprint density at radius 3 is 3.00 bits per heavy atom. The summed E-state index contributed by atoms with van der Waals surface area (Å²) in [6, 6.07) is 7.73. The van der Waals surface area contributed by atoms with Crippen LogP contribution in [0.5, 0.6) is 0 Å². The van der Waals surface area contributed by atoms with Crippen LogP contribution in [0.2, 0.25) is 5.02 Å². The molecule has 1 aliphatic carbocycles. The molecule has 1 aliphatic heterocycles. The Morgan fingerprint density at radius 1 is 1.45 bits per heavy atom. The normalized spacial score (nSPS) is 26.4. The lowest BCUT2D eigenvalue weighted by Crippen LogP contribution is -2.48. The number of hydrogen-bond acceptors (Lipinski definition) is 4. The summed E-state index contributed by atoms with van der Waals surface area (Å²) in [5.74, 6) is -0.484. The second-order valence-electron chi connectivity index (χ2n) is 7.73. The minimum absolute atomic E-state index is 0.187. The van der Waals surface area contributed by atoms with Crippen LogP contribution in [0, 0.1) is 5.41 Å². The molecule has 0 radical (unpaired) electrons. The fourth-order valence-corrected chi connectivity index (χ4v) is 4.06. The predicted octanol–water partition coefficient (Wildman–Crippen LogP) is 2.77. The van der Waals surface area contributed by atoms with E-state index in [1.807, 2.05) is 43.3 Å². The van der Waals surface area contributed by atoms with Crippen molar-refractivity contribution in [2.45, 2.75) is 38.8 Å². The number of rotatable bonds is 6. The highest BCUT2D eigenvalue weighted by molar-refractivity contribution is 6.30. The molecule has 2 atom stereocenters. The number of nitrogens with zero attached hydrogens (tertiary/aromatic N) is 1. The van der Waals surface area contributed by atoms with Gasteiger partial charge in [0.2, 0.25) is 5.91 Å². The van der Waals surface area contributed by atoms with Crippen LogP contribution >= 0.6 is 11.6 Å². The maximum atomic E-state index is 12.6. The average molecular weight is 418 g/mol. The molecule has 0 aromatic heterocycles. The van der Waals surface area contributed by atoms with Crippen LogP contribution in [-0.2, 0) is 20.9 Å². The largest absolute Gasteiger partial charge is 0.369 e. The Bertz CT molecular complexity index is 823. The number of nitrogens with two attached hydrogens (primary N) is 1. The molecule has 3 N–H and O–H groups in total. The number of amides is 2. The van der Waals surface area contributed by atoms with Crippen LogP contribution in [0.1, 0.15) is 31.7 Å². The third-order valence-corrected chi connectivity index (χ3v) is 5.96. The van der Waals surface area contributed by atoms with E-state index in [1.165, 1.54) is 0 Å². The molecule has 1 fully saturated rings. The summed E-state index contributed by atoms with van der Waals surface area (Å²) in [4.78, 5) is 26.7. The van der Waals surface area contributed by atoms with Gasteiger partial charge in [0.15, 0.2) is 0 Å². The first kappa shape index (κ1) is 21.6. The van der Waals surface area contributed by atoms with Crippen molar-refractivity contribution in [2.24, 2.45) is 11.1 Å². The molecule has 3 rings (SSSR count). The van der Waals surface area contributed by atoms with Gasteiger partial charge in [0.1, 0.15) is 6.10 Å². The Morgan fingerprint density at radius 2 is 2.28 bits per heavy atom. The quantitative estimate of drug-likeness (QED) is 0.745. The summed E-state index contributed by atoms with van der Waals surface area (Å²) in [5, 5.41) is 3.54. The molecular weight excluding hydrogens is 390 g/mol. The van der Waals surface area contributed by atoms with Crippen molar-refractivity contribution in [2.75, 3.05) is 19.7 Å². The minimum Gasteiger partial charge on any atom is -0.369 e. The zero-order chi connectivity index (χ0) is 20.9. The summed E-state index contributed by atoms with van der Waals surface area (Å²) in [7, 11) is 0. The average Bonchev–Trinajstić information content (AvgIpc) is 2.72. The number of carbonyl (C=O) groups excluding carboxylic acids is 2. The van der Waals surface area contributed by atoms with Gasteiger partial charge in [-0.15, -0.1) is 0 Å². The molecular formula is C22H28ClN3O3. The lowest BCUT2D eigenvalue weighted by Gasteiger charge is -2.32. The molecule has 29 heavy (non-hydrogen) atoms. The SMILES string of the molecule is CCC1(C(N)=O)CC=C/C(=C\NC(=O)C2CN(Cc3cccc(Cl)c3)CCO2)C1. The topological polar surface area (TPSA) is 84.7 Å². The number of hydrogen-bond donors (Lipinski definition) is 2. The number of benzene rings is 1. The van der Waals surface area contributed by atoms with Crippen LogP contribution in [0.4, 0.5) is 0 Å². The Balaban J connectivity index is 1.57. The Hall–Kier alpha value is -2.15. The third kappa shape index (κ3) is 5.47. The predicted molar refractivity (Wildman–Crippen MR) is 113 cm³/mol. The smallest absolute Gasteiger partial charge is 0.254 e. The van der Waals surface area contributed by atoms with Crippen molar-refractivity contribution < 1.29 is 14.3 Å². The Kier molecular flexibility index (Phi) is 7.11. The van der Waals surface area contributed by atoms with Gasteiger partial charge in [-0.25, -0.2) is 0 Å². The van der Waals surface area contributed by atoms with Crippen molar-refractivity contribution in [1.29, 1.82) is 0 Å². The van der Waals surface area contributed by atoms with Crippen molar-refractivity contribution in [3.63, 3.8) is 0 Å². The zero-order valence-corrected chi connectivity index (χ0v) is 17.5. The van der Waals surface area contributed by atoms with Gasteiger partial charge in [0.25, 0.3) is 5.91 Å². The maximum absolute atomic E-state index is 12.6. The van der Waals surface area contributed by atoms with Crippen molar-refractivity contribution in [3.05, 3.63) is 58.8 Å². The highest BCUT2D eigenvalue weighted by atomic mass is 35.5. The number of halogens is 1. The van der Waals surface area contributed by atoms with Crippen molar-refractivity contribution in [3.8, 4) is 0 Å². The van der Waals surface area contributed by atoms with E-state index in [4.69, 9.17) is 22.1 Å². The van der Waals surface area contributed by atoms with Crippen molar-refractivity contribution in [1.82, 2.24) is 10.2 Å². The third-order valence-electron chi connectivity index (χ3n) is 5.72. The van der Waals surface area contributed by atoms with E-state index < -0.39 is 11.5 Å². The lowest BCUT2D eigenvalue weighted by atomic mass is 9.73. The van der Waals surface area contributed by atoms with Gasteiger partial charge >= 0.3 is 0 Å². The lowest BCUT2D eigenvalue weighted by molar-refractivity contribution is -0.137. The first-order valence-electron chi connectivity index (χ1n) is 9.96. The standard InChI is InChI=1S/C22H28ClN3O3/c1-2-22(21(24)28)8-4-6-17(12-22)13-25-20(27)19-15-26(9-10-29-19)14-16-5-3-7-18(23)11-16/h3-7,11,13,19H,2,8-10,12,14-15H2,1H3,(H2,24,28)(H,25,27)/b17-13+. The van der Waals surface area contributed by atoms with Gasteiger partial charge in [0, 0.05) is 30.9 Å². The molecule has 2 aliphatic rings. The Labute approximate surface area is 176 Å². The highest BCUT2D eigenvalue weighted by Crippen LogP contribution is 2.37. The molecule has 2 unspecified atom stereocenters. The van der Waals surface area contributed by atoms with Gasteiger partial charge in [0.05, 0.1) is 12.0 Å². The van der Waals surface area contributed by atoms with Crippen LogP contribution in [0.3, 0.4) is 0 Å². The van der Waals surface area contributed by atoms with E-state index in [0.29, 0.717) is 37.4 Å². The fourth-order valence-electron chi connectivity index (χ4n) is 3.84. The van der Waals surface area contributed by atoms with E-state index in [2.05, 4.69) is 10.2 Å². The van der Waals surface area contributed by atoms with Gasteiger partial charge in [-0.05, 0) is 42.5 Å². The summed E-state index contributed by atoms with van der Waals surface area (Å²) in [6.07, 6.45) is 6.84. The number of morpholine rings is 1. The molecule has 6 nitrogen and oxygen atoms in total. The van der Waals surface area contributed by atoms with E-state index >= 15 is 0 Å². The number of primary amides is 1. The van der Waals surface area contributed by atoms with Crippen LogP contribution in [0.25, 0.3) is 0 Å². The fraction of sp³-hybridized carbons (Fsp3) is 0.455. The highest BCUT2D eigenvalue weighted by Gasteiger charge is 2.36. The molecule has 0 spiro atoms. The van der Waals surface area contributed by atoms with E-state index in [1.54, 1.807) is 6.20 Å².